The lowest BCUT2D eigenvalue weighted by molar-refractivity contribution is -0.162. The summed E-state index contributed by atoms with van der Waals surface area (Å²) in [6, 6.07) is 29.2. The van der Waals surface area contributed by atoms with Gasteiger partial charge in [-0.25, -0.2) is 9.80 Å². The van der Waals surface area contributed by atoms with Crippen LogP contribution in [-0.2, 0) is 38.6 Å². The second-order valence-electron chi connectivity index (χ2n) is 14.7. The molecule has 4 aromatic carbocycles. The fourth-order valence-corrected chi connectivity index (χ4v) is 6.15. The standard InChI is InChI=1S/C43H57N5O6/c1-9-52-38(53-10-2)30-47(29-34-21-16-20-33-19-14-15-22-36(33)34)39(49)37(27-31-23-25-35(26-24-31)54-42(3,4)5)45-40(50)43(6,7)46(8)48(41(44)51)28-32-17-12-11-13-18-32/h11-26,37-38H,9-10,27-30H2,1-8H3,(H2,44,51)(H,45,50)/t37-/m0/s1. The minimum absolute atomic E-state index is 0.129. The average molecular weight is 740 g/mol. The predicted molar refractivity (Wildman–Crippen MR) is 212 cm³/mol. The number of hydrogen-bond acceptors (Lipinski definition) is 7. The number of benzene rings is 4. The predicted octanol–water partition coefficient (Wildman–Crippen LogP) is 6.68. The zero-order valence-corrected chi connectivity index (χ0v) is 33.0. The van der Waals surface area contributed by atoms with E-state index in [1.807, 2.05) is 132 Å². The number of fused-ring (bicyclic) bond motifs is 1. The first-order valence-corrected chi connectivity index (χ1v) is 18.5. The lowest BCUT2D eigenvalue weighted by Crippen LogP contribution is -2.64. The number of nitrogens with zero attached hydrogens (tertiary/aromatic N) is 3. The van der Waals surface area contributed by atoms with E-state index in [0.717, 1.165) is 27.5 Å². The van der Waals surface area contributed by atoms with Crippen LogP contribution in [-0.4, -0.2) is 83.0 Å². The van der Waals surface area contributed by atoms with Crippen LogP contribution in [0.25, 0.3) is 10.8 Å². The number of hydrogen-bond donors (Lipinski definition) is 2. The summed E-state index contributed by atoms with van der Waals surface area (Å²) in [5.74, 6) is -0.0865. The van der Waals surface area contributed by atoms with Crippen molar-refractivity contribution in [2.45, 2.75) is 91.4 Å². The van der Waals surface area contributed by atoms with E-state index in [1.165, 1.54) is 10.0 Å². The van der Waals surface area contributed by atoms with Gasteiger partial charge in [-0.3, -0.25) is 14.6 Å². The second-order valence-corrected chi connectivity index (χ2v) is 14.7. The largest absolute Gasteiger partial charge is 0.488 e. The number of amides is 4. The number of urea groups is 1. The van der Waals surface area contributed by atoms with Crippen molar-refractivity contribution in [2.75, 3.05) is 26.8 Å². The lowest BCUT2D eigenvalue weighted by Gasteiger charge is -2.41. The first kappa shape index (κ1) is 41.8. The molecule has 0 aliphatic heterocycles. The number of nitrogens with one attached hydrogen (secondary N) is 1. The SMILES string of the molecule is CCOC(CN(Cc1cccc2ccccc12)C(=O)[C@H](Cc1ccc(OC(C)(C)C)cc1)NC(=O)C(C)(C)N(C)N(Cc1ccccc1)C(N)=O)OCC. The van der Waals surface area contributed by atoms with E-state index in [4.69, 9.17) is 19.9 Å². The Bertz CT molecular complexity index is 1810. The molecule has 0 radical (unpaired) electrons. The number of carbonyl (C=O) groups is 3. The Kier molecular flexibility index (Phi) is 14.6. The molecule has 0 aromatic heterocycles. The van der Waals surface area contributed by atoms with Crippen LogP contribution in [0, 0.1) is 0 Å². The van der Waals surface area contributed by atoms with Crippen LogP contribution in [0.3, 0.4) is 0 Å². The molecule has 0 spiro atoms. The van der Waals surface area contributed by atoms with Gasteiger partial charge in [-0.15, -0.1) is 0 Å². The third-order valence-electron chi connectivity index (χ3n) is 9.17. The van der Waals surface area contributed by atoms with E-state index in [1.54, 1.807) is 25.8 Å². The summed E-state index contributed by atoms with van der Waals surface area (Å²) in [6.45, 7) is 14.4. The molecule has 54 heavy (non-hydrogen) atoms. The monoisotopic (exact) mass is 739 g/mol. The van der Waals surface area contributed by atoms with Gasteiger partial charge >= 0.3 is 6.03 Å². The summed E-state index contributed by atoms with van der Waals surface area (Å²) in [5.41, 5.74) is 6.76. The van der Waals surface area contributed by atoms with Crippen molar-refractivity contribution in [3.63, 3.8) is 0 Å². The van der Waals surface area contributed by atoms with Gasteiger partial charge in [-0.2, -0.15) is 0 Å². The molecule has 4 amide bonds. The van der Waals surface area contributed by atoms with Crippen molar-refractivity contribution in [1.29, 1.82) is 0 Å². The summed E-state index contributed by atoms with van der Waals surface area (Å²) in [7, 11) is 1.64. The second kappa shape index (κ2) is 18.9. The molecule has 4 aromatic rings. The molecule has 0 saturated carbocycles. The van der Waals surface area contributed by atoms with Gasteiger partial charge in [0.2, 0.25) is 11.8 Å². The highest BCUT2D eigenvalue weighted by atomic mass is 16.7. The molecule has 0 unspecified atom stereocenters. The van der Waals surface area contributed by atoms with Crippen molar-refractivity contribution in [2.24, 2.45) is 5.73 Å². The Morgan fingerprint density at radius 2 is 1.37 bits per heavy atom. The smallest absolute Gasteiger partial charge is 0.329 e. The number of nitrogens with two attached hydrogens (primary N) is 1. The van der Waals surface area contributed by atoms with Crippen molar-refractivity contribution in [3.8, 4) is 5.75 Å². The number of ether oxygens (including phenoxy) is 3. The minimum Gasteiger partial charge on any atom is -0.488 e. The quantitative estimate of drug-likeness (QED) is 0.0862. The maximum Gasteiger partial charge on any atom is 0.329 e. The molecule has 1 atom stereocenters. The molecule has 11 heteroatoms. The van der Waals surface area contributed by atoms with Crippen LogP contribution >= 0.6 is 0 Å². The Labute approximate surface area is 320 Å². The number of carbonyl (C=O) groups excluding carboxylic acids is 3. The lowest BCUT2D eigenvalue weighted by atomic mass is 9.99. The molecule has 0 aliphatic rings. The molecule has 4 rings (SSSR count). The van der Waals surface area contributed by atoms with Crippen molar-refractivity contribution in [3.05, 3.63) is 114 Å². The molecular formula is C43H57N5O6. The number of primary amides is 1. The Balaban J connectivity index is 1.72. The van der Waals surface area contributed by atoms with Crippen LogP contribution < -0.4 is 15.8 Å². The highest BCUT2D eigenvalue weighted by Gasteiger charge is 2.40. The molecule has 11 nitrogen and oxygen atoms in total. The number of hydrazine groups is 1. The van der Waals surface area contributed by atoms with Crippen molar-refractivity contribution < 1.29 is 28.6 Å². The highest BCUT2D eigenvalue weighted by Crippen LogP contribution is 2.24. The van der Waals surface area contributed by atoms with Crippen LogP contribution in [0.5, 0.6) is 5.75 Å². The normalized spacial score (nSPS) is 12.5. The molecule has 0 heterocycles. The van der Waals surface area contributed by atoms with Gasteiger partial charge in [-0.1, -0.05) is 84.9 Å². The fraction of sp³-hybridized carbons (Fsp3) is 0.419. The Hall–Kier alpha value is -4.97. The van der Waals surface area contributed by atoms with Gasteiger partial charge < -0.3 is 30.2 Å². The van der Waals surface area contributed by atoms with Crippen LogP contribution in [0.2, 0.25) is 0 Å². The zero-order valence-electron chi connectivity index (χ0n) is 33.0. The van der Waals surface area contributed by atoms with E-state index >= 15 is 0 Å². The van der Waals surface area contributed by atoms with Crippen molar-refractivity contribution in [1.82, 2.24) is 20.2 Å². The molecule has 0 bridgehead atoms. The summed E-state index contributed by atoms with van der Waals surface area (Å²) in [6.07, 6.45) is -0.502. The van der Waals surface area contributed by atoms with Crippen LogP contribution in [0.4, 0.5) is 4.79 Å². The summed E-state index contributed by atoms with van der Waals surface area (Å²) in [5, 5.41) is 7.98. The van der Waals surface area contributed by atoms with Crippen LogP contribution in [0.15, 0.2) is 97.1 Å². The molecular weight excluding hydrogens is 683 g/mol. The van der Waals surface area contributed by atoms with Gasteiger partial charge in [-0.05, 0) is 88.1 Å². The maximum atomic E-state index is 15.0. The van der Waals surface area contributed by atoms with E-state index in [9.17, 15) is 14.4 Å². The molecule has 0 fully saturated rings. The number of rotatable bonds is 18. The van der Waals surface area contributed by atoms with Gasteiger partial charge in [0.1, 0.15) is 22.9 Å². The molecule has 290 valence electrons. The van der Waals surface area contributed by atoms with E-state index in [2.05, 4.69) is 5.32 Å². The van der Waals surface area contributed by atoms with Gasteiger partial charge in [0.15, 0.2) is 6.29 Å². The summed E-state index contributed by atoms with van der Waals surface area (Å²) < 4.78 is 17.9. The number of likely N-dealkylation sites (N-methyl/N-ethyl adjacent to an activating group) is 1. The first-order valence-electron chi connectivity index (χ1n) is 18.5. The summed E-state index contributed by atoms with van der Waals surface area (Å²) in [4.78, 5) is 43.8. The maximum absolute atomic E-state index is 15.0. The van der Waals surface area contributed by atoms with Crippen LogP contribution in [0.1, 0.15) is 65.2 Å². The highest BCUT2D eigenvalue weighted by molar-refractivity contribution is 5.92. The zero-order chi connectivity index (χ0) is 39.5. The average Bonchev–Trinajstić information content (AvgIpc) is 3.13. The van der Waals surface area contributed by atoms with Crippen molar-refractivity contribution >= 4 is 28.6 Å². The van der Waals surface area contributed by atoms with E-state index < -0.39 is 29.8 Å². The topological polar surface area (TPSA) is 127 Å². The first-order chi connectivity index (χ1) is 25.6. The van der Waals surface area contributed by atoms with Gasteiger partial charge in [0.25, 0.3) is 0 Å². The van der Waals surface area contributed by atoms with Gasteiger partial charge in [0.05, 0.1) is 13.1 Å². The third kappa shape index (κ3) is 11.5. The van der Waals surface area contributed by atoms with E-state index in [-0.39, 0.29) is 37.6 Å². The minimum atomic E-state index is -1.31. The Morgan fingerprint density at radius 1 is 0.759 bits per heavy atom. The third-order valence-corrected chi connectivity index (χ3v) is 9.17. The Morgan fingerprint density at radius 3 is 1.98 bits per heavy atom. The fourth-order valence-electron chi connectivity index (χ4n) is 6.15. The molecule has 0 saturated heterocycles. The van der Waals surface area contributed by atoms with Gasteiger partial charge in [0, 0.05) is 33.2 Å². The summed E-state index contributed by atoms with van der Waals surface area (Å²) >= 11 is 0. The van der Waals surface area contributed by atoms with E-state index in [0.29, 0.717) is 19.0 Å². The molecule has 0 aliphatic carbocycles. The molecule has 3 N–H and O–H groups in total.